The van der Waals surface area contributed by atoms with Gasteiger partial charge in [-0.3, -0.25) is 14.6 Å². The average molecular weight is 346 g/mol. The van der Waals surface area contributed by atoms with Crippen LogP contribution < -0.4 is 10.6 Å². The highest BCUT2D eigenvalue weighted by molar-refractivity contribution is 6.31. The lowest BCUT2D eigenvalue weighted by atomic mass is 10.1. The molecule has 2 aromatic rings. The fourth-order valence-electron chi connectivity index (χ4n) is 2.01. The van der Waals surface area contributed by atoms with Gasteiger partial charge in [-0.25, -0.2) is 0 Å². The Labute approximate surface area is 146 Å². The number of rotatable bonds is 6. The van der Waals surface area contributed by atoms with Gasteiger partial charge in [0.25, 0.3) is 11.8 Å². The molecule has 0 fully saturated rings. The van der Waals surface area contributed by atoms with Crippen molar-refractivity contribution in [3.63, 3.8) is 0 Å². The highest BCUT2D eigenvalue weighted by Gasteiger charge is 2.12. The monoisotopic (exact) mass is 345 g/mol. The minimum atomic E-state index is -0.305. The van der Waals surface area contributed by atoms with Crippen molar-refractivity contribution >= 4 is 23.4 Å². The number of carbonyl (C=O) groups excluding carboxylic acids is 2. The lowest BCUT2D eigenvalue weighted by Gasteiger charge is -2.09. The van der Waals surface area contributed by atoms with Crippen LogP contribution in [0, 0.1) is 5.92 Å². The normalized spacial score (nSPS) is 10.5. The topological polar surface area (TPSA) is 71.1 Å². The van der Waals surface area contributed by atoms with E-state index >= 15 is 0 Å². The summed E-state index contributed by atoms with van der Waals surface area (Å²) in [7, 11) is 0. The van der Waals surface area contributed by atoms with E-state index in [0.29, 0.717) is 35.2 Å². The summed E-state index contributed by atoms with van der Waals surface area (Å²) < 4.78 is 0. The molecule has 126 valence electrons. The number of pyridine rings is 1. The molecule has 0 aliphatic heterocycles. The van der Waals surface area contributed by atoms with Gasteiger partial charge in [0.05, 0.1) is 11.1 Å². The Morgan fingerprint density at radius 2 is 1.71 bits per heavy atom. The number of hydrogen-bond donors (Lipinski definition) is 2. The summed E-state index contributed by atoms with van der Waals surface area (Å²) >= 11 is 6.06. The Morgan fingerprint density at radius 3 is 2.33 bits per heavy atom. The van der Waals surface area contributed by atoms with E-state index in [1.54, 1.807) is 6.07 Å². The van der Waals surface area contributed by atoms with E-state index in [4.69, 9.17) is 11.6 Å². The maximum Gasteiger partial charge on any atom is 0.253 e. The summed E-state index contributed by atoms with van der Waals surface area (Å²) in [5.41, 5.74) is 1.52. The van der Waals surface area contributed by atoms with Crippen LogP contribution in [0.5, 0.6) is 0 Å². The van der Waals surface area contributed by atoms with Crippen LogP contribution in [-0.4, -0.2) is 23.3 Å². The van der Waals surface area contributed by atoms with Gasteiger partial charge in [0.1, 0.15) is 0 Å². The summed E-state index contributed by atoms with van der Waals surface area (Å²) in [5.74, 6) is -0.193. The summed E-state index contributed by atoms with van der Waals surface area (Å²) in [5, 5.41) is 6.17. The molecule has 0 bridgehead atoms. The van der Waals surface area contributed by atoms with Crippen LogP contribution in [-0.2, 0) is 6.54 Å². The second kappa shape index (κ2) is 8.45. The second-order valence-corrected chi connectivity index (χ2v) is 6.25. The second-order valence-electron chi connectivity index (χ2n) is 5.84. The van der Waals surface area contributed by atoms with Crippen LogP contribution in [0.15, 0.2) is 42.7 Å². The van der Waals surface area contributed by atoms with Crippen molar-refractivity contribution in [2.45, 2.75) is 20.4 Å². The standard InChI is InChI=1S/C18H20ClN3O2/c1-12(2)8-21-17(23)14-7-15(10-20-9-14)18(24)22-11-13-5-3-4-6-16(13)19/h3-7,9-10,12H,8,11H2,1-2H3,(H,21,23)(H,22,24). The largest absolute Gasteiger partial charge is 0.352 e. The predicted octanol–water partition coefficient (Wildman–Crippen LogP) is 3.05. The molecular formula is C18H20ClN3O2. The van der Waals surface area contributed by atoms with Gasteiger partial charge in [-0.05, 0) is 23.6 Å². The van der Waals surface area contributed by atoms with Gasteiger partial charge < -0.3 is 10.6 Å². The maximum atomic E-state index is 12.2. The maximum absolute atomic E-state index is 12.2. The molecule has 6 heteroatoms. The van der Waals surface area contributed by atoms with Crippen LogP contribution >= 0.6 is 11.6 Å². The third kappa shape index (κ3) is 5.06. The molecule has 0 unspecified atom stereocenters. The first-order valence-electron chi connectivity index (χ1n) is 7.72. The highest BCUT2D eigenvalue weighted by atomic mass is 35.5. The van der Waals surface area contributed by atoms with Crippen LogP contribution in [0.25, 0.3) is 0 Å². The number of benzene rings is 1. The summed E-state index contributed by atoms with van der Waals surface area (Å²) in [6, 6.07) is 8.83. The van der Waals surface area contributed by atoms with E-state index < -0.39 is 0 Å². The van der Waals surface area contributed by atoms with Gasteiger partial charge in [-0.15, -0.1) is 0 Å². The third-order valence-electron chi connectivity index (χ3n) is 3.33. The zero-order valence-electron chi connectivity index (χ0n) is 13.7. The van der Waals surface area contributed by atoms with Gasteiger partial charge in [0.2, 0.25) is 0 Å². The fraction of sp³-hybridized carbons (Fsp3) is 0.278. The summed E-state index contributed by atoms with van der Waals surface area (Å²) in [6.07, 6.45) is 2.88. The highest BCUT2D eigenvalue weighted by Crippen LogP contribution is 2.14. The molecule has 0 spiro atoms. The quantitative estimate of drug-likeness (QED) is 0.845. The van der Waals surface area contributed by atoms with Crippen molar-refractivity contribution in [1.29, 1.82) is 0 Å². The van der Waals surface area contributed by atoms with E-state index in [1.165, 1.54) is 18.5 Å². The van der Waals surface area contributed by atoms with Crippen molar-refractivity contribution in [3.05, 3.63) is 64.4 Å². The van der Waals surface area contributed by atoms with E-state index in [-0.39, 0.29) is 11.8 Å². The Morgan fingerprint density at radius 1 is 1.08 bits per heavy atom. The molecule has 1 aromatic carbocycles. The van der Waals surface area contributed by atoms with E-state index in [0.717, 1.165) is 5.56 Å². The molecular weight excluding hydrogens is 326 g/mol. The first-order valence-corrected chi connectivity index (χ1v) is 8.10. The molecule has 2 rings (SSSR count). The summed E-state index contributed by atoms with van der Waals surface area (Å²) in [6.45, 7) is 4.90. The lowest BCUT2D eigenvalue weighted by molar-refractivity contribution is 0.0948. The number of amides is 2. The third-order valence-corrected chi connectivity index (χ3v) is 3.70. The molecule has 0 aliphatic carbocycles. The Hall–Kier alpha value is -2.40. The molecule has 2 amide bonds. The predicted molar refractivity (Wildman–Crippen MR) is 94.0 cm³/mol. The van der Waals surface area contributed by atoms with Crippen LogP contribution in [0.1, 0.15) is 40.1 Å². The number of nitrogens with one attached hydrogen (secondary N) is 2. The first kappa shape index (κ1) is 17.9. The Kier molecular flexibility index (Phi) is 6.32. The number of aromatic nitrogens is 1. The number of carbonyl (C=O) groups is 2. The van der Waals surface area contributed by atoms with Crippen LogP contribution in [0.4, 0.5) is 0 Å². The van der Waals surface area contributed by atoms with Gasteiger partial charge >= 0.3 is 0 Å². The fourth-order valence-corrected chi connectivity index (χ4v) is 2.21. The Bertz CT molecular complexity index is 732. The molecule has 0 saturated carbocycles. The van der Waals surface area contributed by atoms with Crippen molar-refractivity contribution in [3.8, 4) is 0 Å². The molecule has 1 heterocycles. The van der Waals surface area contributed by atoms with Gasteiger partial charge in [0.15, 0.2) is 0 Å². The van der Waals surface area contributed by atoms with Crippen LogP contribution in [0.2, 0.25) is 5.02 Å². The van der Waals surface area contributed by atoms with E-state index in [9.17, 15) is 9.59 Å². The van der Waals surface area contributed by atoms with Crippen LogP contribution in [0.3, 0.4) is 0 Å². The van der Waals surface area contributed by atoms with Crippen molar-refractivity contribution in [1.82, 2.24) is 15.6 Å². The molecule has 5 nitrogen and oxygen atoms in total. The molecule has 0 atom stereocenters. The van der Waals surface area contributed by atoms with E-state index in [1.807, 2.05) is 32.0 Å². The number of hydrogen-bond acceptors (Lipinski definition) is 3. The number of nitrogens with zero attached hydrogens (tertiary/aromatic N) is 1. The Balaban J connectivity index is 2.01. The van der Waals surface area contributed by atoms with Crippen molar-refractivity contribution in [2.75, 3.05) is 6.54 Å². The molecule has 0 radical (unpaired) electrons. The zero-order valence-corrected chi connectivity index (χ0v) is 14.4. The molecule has 0 saturated heterocycles. The van der Waals surface area contributed by atoms with Gasteiger partial charge in [0, 0.05) is 30.5 Å². The molecule has 0 aliphatic rings. The lowest BCUT2D eigenvalue weighted by Crippen LogP contribution is -2.28. The van der Waals surface area contributed by atoms with Gasteiger partial charge in [-0.1, -0.05) is 43.6 Å². The number of halogens is 1. The van der Waals surface area contributed by atoms with Crippen molar-refractivity contribution in [2.24, 2.45) is 5.92 Å². The average Bonchev–Trinajstić information content (AvgIpc) is 2.58. The minimum absolute atomic E-state index is 0.239. The zero-order chi connectivity index (χ0) is 17.5. The SMILES string of the molecule is CC(C)CNC(=O)c1cncc(C(=O)NCc2ccccc2Cl)c1. The summed E-state index contributed by atoms with van der Waals surface area (Å²) in [4.78, 5) is 28.3. The molecule has 24 heavy (non-hydrogen) atoms. The van der Waals surface area contributed by atoms with E-state index in [2.05, 4.69) is 15.6 Å². The van der Waals surface area contributed by atoms with Crippen molar-refractivity contribution < 1.29 is 9.59 Å². The first-order chi connectivity index (χ1) is 11.5. The smallest absolute Gasteiger partial charge is 0.253 e. The molecule has 1 aromatic heterocycles. The van der Waals surface area contributed by atoms with Gasteiger partial charge in [-0.2, -0.15) is 0 Å². The minimum Gasteiger partial charge on any atom is -0.352 e. The molecule has 2 N–H and O–H groups in total.